The molecule has 0 unspecified atom stereocenters. The summed E-state index contributed by atoms with van der Waals surface area (Å²) < 4.78 is 18.0. The molecule has 24 heavy (non-hydrogen) atoms. The van der Waals surface area contributed by atoms with Crippen LogP contribution < -0.4 is 5.32 Å². The number of amides is 1. The first-order chi connectivity index (χ1) is 11.3. The van der Waals surface area contributed by atoms with Gasteiger partial charge in [-0.05, 0) is 44.5 Å². The predicted molar refractivity (Wildman–Crippen MR) is 86.2 cm³/mol. The SMILES string of the molecule is Cc1[nH]c(C(=O)OCC(=O)Nc2cccc(F)c2)c(C)c1[C@@H](C)O. The molecule has 2 aromatic rings. The molecule has 0 bridgehead atoms. The Morgan fingerprint density at radius 3 is 2.67 bits per heavy atom. The number of esters is 1. The van der Waals surface area contributed by atoms with Gasteiger partial charge in [-0.1, -0.05) is 6.07 Å². The Morgan fingerprint density at radius 1 is 1.38 bits per heavy atom. The summed E-state index contributed by atoms with van der Waals surface area (Å²) in [7, 11) is 0. The molecule has 0 fully saturated rings. The fourth-order valence-electron chi connectivity index (χ4n) is 2.56. The molecule has 6 nitrogen and oxygen atoms in total. The van der Waals surface area contributed by atoms with Crippen molar-refractivity contribution in [1.29, 1.82) is 0 Å². The monoisotopic (exact) mass is 334 g/mol. The van der Waals surface area contributed by atoms with Gasteiger partial charge >= 0.3 is 5.97 Å². The summed E-state index contributed by atoms with van der Waals surface area (Å²) >= 11 is 0. The van der Waals surface area contributed by atoms with E-state index in [0.717, 1.165) is 6.07 Å². The van der Waals surface area contributed by atoms with Gasteiger partial charge in [-0.2, -0.15) is 0 Å². The van der Waals surface area contributed by atoms with Gasteiger partial charge in [0, 0.05) is 16.9 Å². The molecule has 3 N–H and O–H groups in total. The van der Waals surface area contributed by atoms with Crippen LogP contribution in [0.2, 0.25) is 0 Å². The van der Waals surface area contributed by atoms with E-state index in [-0.39, 0.29) is 11.4 Å². The lowest BCUT2D eigenvalue weighted by molar-refractivity contribution is -0.119. The minimum Gasteiger partial charge on any atom is -0.451 e. The van der Waals surface area contributed by atoms with Crippen LogP contribution in [0.1, 0.15) is 40.3 Å². The molecule has 7 heteroatoms. The van der Waals surface area contributed by atoms with Gasteiger partial charge in [0.05, 0.1) is 6.10 Å². The zero-order chi connectivity index (χ0) is 17.9. The highest BCUT2D eigenvalue weighted by Crippen LogP contribution is 2.24. The zero-order valence-corrected chi connectivity index (χ0v) is 13.6. The predicted octanol–water partition coefficient (Wildman–Crippen LogP) is 2.62. The van der Waals surface area contributed by atoms with Gasteiger partial charge < -0.3 is 20.1 Å². The third-order valence-electron chi connectivity index (χ3n) is 3.56. The Labute approximate surface area is 138 Å². The van der Waals surface area contributed by atoms with Crippen molar-refractivity contribution < 1.29 is 23.8 Å². The van der Waals surface area contributed by atoms with E-state index in [1.54, 1.807) is 20.8 Å². The maximum atomic E-state index is 13.0. The summed E-state index contributed by atoms with van der Waals surface area (Å²) in [4.78, 5) is 26.7. The van der Waals surface area contributed by atoms with Crippen molar-refractivity contribution in [2.24, 2.45) is 0 Å². The third kappa shape index (κ3) is 3.99. The van der Waals surface area contributed by atoms with E-state index in [1.165, 1.54) is 18.2 Å². The molecule has 1 heterocycles. The quantitative estimate of drug-likeness (QED) is 0.733. The van der Waals surface area contributed by atoms with Gasteiger partial charge in [-0.3, -0.25) is 4.79 Å². The van der Waals surface area contributed by atoms with Gasteiger partial charge in [0.25, 0.3) is 5.91 Å². The van der Waals surface area contributed by atoms with Crippen LogP contribution in [0.5, 0.6) is 0 Å². The number of hydrogen-bond donors (Lipinski definition) is 3. The Kier molecular flexibility index (Phi) is 5.35. The number of ether oxygens (including phenoxy) is 1. The first-order valence-electron chi connectivity index (χ1n) is 7.39. The van der Waals surface area contributed by atoms with Gasteiger partial charge in [-0.25, -0.2) is 9.18 Å². The summed E-state index contributed by atoms with van der Waals surface area (Å²) in [6.07, 6.45) is -0.723. The Bertz CT molecular complexity index is 768. The van der Waals surface area contributed by atoms with E-state index in [9.17, 15) is 19.1 Å². The smallest absolute Gasteiger partial charge is 0.355 e. The van der Waals surface area contributed by atoms with E-state index >= 15 is 0 Å². The fraction of sp³-hybridized carbons (Fsp3) is 0.294. The van der Waals surface area contributed by atoms with E-state index in [4.69, 9.17) is 4.74 Å². The topological polar surface area (TPSA) is 91.4 Å². The minimum atomic E-state index is -0.723. The first kappa shape index (κ1) is 17.7. The number of aliphatic hydroxyl groups excluding tert-OH is 1. The molecular formula is C17H19FN2O4. The third-order valence-corrected chi connectivity index (χ3v) is 3.56. The second kappa shape index (κ2) is 7.27. The van der Waals surface area contributed by atoms with E-state index in [2.05, 4.69) is 10.3 Å². The van der Waals surface area contributed by atoms with Crippen molar-refractivity contribution in [3.8, 4) is 0 Å². The second-order valence-electron chi connectivity index (χ2n) is 5.47. The largest absolute Gasteiger partial charge is 0.451 e. The number of nitrogens with one attached hydrogen (secondary N) is 2. The van der Waals surface area contributed by atoms with Crippen LogP contribution in [-0.4, -0.2) is 28.6 Å². The van der Waals surface area contributed by atoms with Crippen LogP contribution in [0.3, 0.4) is 0 Å². The molecular weight excluding hydrogens is 315 g/mol. The number of halogens is 1. The molecule has 1 aromatic carbocycles. The Morgan fingerprint density at radius 2 is 2.08 bits per heavy atom. The molecule has 2 rings (SSSR count). The highest BCUT2D eigenvalue weighted by atomic mass is 19.1. The molecule has 1 aromatic heterocycles. The lowest BCUT2D eigenvalue weighted by atomic mass is 10.1. The van der Waals surface area contributed by atoms with Gasteiger partial charge in [0.1, 0.15) is 11.5 Å². The van der Waals surface area contributed by atoms with E-state index < -0.39 is 30.4 Å². The highest BCUT2D eigenvalue weighted by molar-refractivity contribution is 5.95. The van der Waals surface area contributed by atoms with Gasteiger partial charge in [-0.15, -0.1) is 0 Å². The number of carbonyl (C=O) groups excluding carboxylic acids is 2. The summed E-state index contributed by atoms with van der Waals surface area (Å²) in [5.74, 6) is -1.75. The normalized spacial score (nSPS) is 11.9. The minimum absolute atomic E-state index is 0.196. The maximum Gasteiger partial charge on any atom is 0.355 e. The number of hydrogen-bond acceptors (Lipinski definition) is 4. The second-order valence-corrected chi connectivity index (χ2v) is 5.47. The highest BCUT2D eigenvalue weighted by Gasteiger charge is 2.21. The van der Waals surface area contributed by atoms with Crippen molar-refractivity contribution in [1.82, 2.24) is 4.98 Å². The number of H-pyrrole nitrogens is 1. The lowest BCUT2D eigenvalue weighted by Gasteiger charge is -2.07. The average molecular weight is 334 g/mol. The van der Waals surface area contributed by atoms with Crippen molar-refractivity contribution in [3.05, 3.63) is 52.6 Å². The number of anilines is 1. The molecule has 128 valence electrons. The summed E-state index contributed by atoms with van der Waals surface area (Å²) in [6, 6.07) is 5.40. The maximum absolute atomic E-state index is 13.0. The molecule has 0 spiro atoms. The first-order valence-corrected chi connectivity index (χ1v) is 7.39. The summed E-state index contributed by atoms with van der Waals surface area (Å²) in [5.41, 5.74) is 2.35. The molecule has 0 aliphatic heterocycles. The zero-order valence-electron chi connectivity index (χ0n) is 13.6. The molecule has 1 atom stereocenters. The number of aromatic amines is 1. The Hall–Kier alpha value is -2.67. The van der Waals surface area contributed by atoms with Crippen LogP contribution in [0.4, 0.5) is 10.1 Å². The van der Waals surface area contributed by atoms with Crippen molar-refractivity contribution >= 4 is 17.6 Å². The molecule has 0 saturated carbocycles. The van der Waals surface area contributed by atoms with Crippen LogP contribution >= 0.6 is 0 Å². The molecule has 0 radical (unpaired) electrons. The number of benzene rings is 1. The van der Waals surface area contributed by atoms with Gasteiger partial charge in [0.15, 0.2) is 6.61 Å². The number of aromatic nitrogens is 1. The van der Waals surface area contributed by atoms with Crippen LogP contribution in [0.25, 0.3) is 0 Å². The molecule has 0 aliphatic carbocycles. The molecule has 0 saturated heterocycles. The number of aryl methyl sites for hydroxylation is 1. The van der Waals surface area contributed by atoms with Crippen LogP contribution in [0, 0.1) is 19.7 Å². The van der Waals surface area contributed by atoms with Crippen molar-refractivity contribution in [2.75, 3.05) is 11.9 Å². The number of rotatable bonds is 5. The van der Waals surface area contributed by atoms with Crippen molar-refractivity contribution in [2.45, 2.75) is 26.9 Å². The molecule has 0 aliphatic rings. The van der Waals surface area contributed by atoms with Gasteiger partial charge in [0.2, 0.25) is 0 Å². The fourth-order valence-corrected chi connectivity index (χ4v) is 2.56. The van der Waals surface area contributed by atoms with Crippen LogP contribution in [-0.2, 0) is 9.53 Å². The lowest BCUT2D eigenvalue weighted by Crippen LogP contribution is -2.21. The van der Waals surface area contributed by atoms with E-state index in [0.29, 0.717) is 16.8 Å². The van der Waals surface area contributed by atoms with Crippen molar-refractivity contribution in [3.63, 3.8) is 0 Å². The Balaban J connectivity index is 1.98. The standard InChI is InChI=1S/C17H19FN2O4/c1-9-15(11(3)21)10(2)19-16(9)17(23)24-8-14(22)20-13-6-4-5-12(18)7-13/h4-7,11,19,21H,8H2,1-3H3,(H,20,22)/t11-/m1/s1. The molecule has 1 amide bonds. The number of carbonyl (C=O) groups is 2. The summed E-state index contributed by atoms with van der Waals surface area (Å²) in [5, 5.41) is 12.2. The average Bonchev–Trinajstić information content (AvgIpc) is 2.79. The number of aliphatic hydroxyl groups is 1. The summed E-state index contributed by atoms with van der Waals surface area (Å²) in [6.45, 7) is 4.53. The van der Waals surface area contributed by atoms with E-state index in [1.807, 2.05) is 0 Å². The van der Waals surface area contributed by atoms with Crippen LogP contribution in [0.15, 0.2) is 24.3 Å².